The SMILES string of the molecule is CCCC/C=C\CCCCCC(O)C(=O)NC(COC1OC(CO)C(O)C(OS(=O)(=O)O)C1O)C(O)/C=C/CC/C=C/CC/C=C/CCCCCCC. The number of rotatable bonds is 31. The molecular formula is C39H69NO12S. The number of unbranched alkanes of at least 4 members (excludes halogenated alkanes) is 12. The number of ether oxygens (including phenoxy) is 2. The van der Waals surface area contributed by atoms with Gasteiger partial charge in [-0.05, 0) is 64.2 Å². The first-order valence-electron chi connectivity index (χ1n) is 19.6. The highest BCUT2D eigenvalue weighted by molar-refractivity contribution is 7.80. The number of amides is 1. The second-order valence-electron chi connectivity index (χ2n) is 13.6. The van der Waals surface area contributed by atoms with Crippen molar-refractivity contribution in [2.75, 3.05) is 13.2 Å². The first kappa shape index (κ1) is 49.0. The topological polar surface area (TPSA) is 212 Å². The molecule has 0 bridgehead atoms. The first-order valence-corrected chi connectivity index (χ1v) is 21.0. The summed E-state index contributed by atoms with van der Waals surface area (Å²) in [6, 6.07) is -1.15. The van der Waals surface area contributed by atoms with E-state index in [1.54, 1.807) is 6.08 Å². The van der Waals surface area contributed by atoms with Crippen LogP contribution in [0, 0.1) is 0 Å². The number of carbonyl (C=O) groups excluding carboxylic acids is 1. The van der Waals surface area contributed by atoms with Crippen LogP contribution in [0.1, 0.15) is 129 Å². The molecule has 1 saturated heterocycles. The Balaban J connectivity index is 2.76. The highest BCUT2D eigenvalue weighted by atomic mass is 32.3. The average Bonchev–Trinajstić information content (AvgIpc) is 3.12. The van der Waals surface area contributed by atoms with Crippen molar-refractivity contribution in [2.45, 2.75) is 178 Å². The number of hydrogen-bond donors (Lipinski definition) is 7. The number of aliphatic hydroxyl groups excluding tert-OH is 5. The number of aliphatic hydroxyl groups is 5. The van der Waals surface area contributed by atoms with E-state index in [-0.39, 0.29) is 6.42 Å². The zero-order valence-electron chi connectivity index (χ0n) is 31.9. The van der Waals surface area contributed by atoms with Crippen LogP contribution in [0.5, 0.6) is 0 Å². The smallest absolute Gasteiger partial charge is 0.394 e. The highest BCUT2D eigenvalue weighted by Crippen LogP contribution is 2.26. The van der Waals surface area contributed by atoms with Crippen molar-refractivity contribution < 1.29 is 57.0 Å². The summed E-state index contributed by atoms with van der Waals surface area (Å²) in [5, 5.41) is 54.7. The first-order chi connectivity index (χ1) is 25.4. The summed E-state index contributed by atoms with van der Waals surface area (Å²) in [6.07, 6.45) is 22.3. The van der Waals surface area contributed by atoms with Crippen LogP contribution in [-0.4, -0.2) is 107 Å². The summed E-state index contributed by atoms with van der Waals surface area (Å²) in [4.78, 5) is 13.0. The van der Waals surface area contributed by atoms with Gasteiger partial charge in [0, 0.05) is 0 Å². The van der Waals surface area contributed by atoms with Gasteiger partial charge in [-0.2, -0.15) is 8.42 Å². The summed E-state index contributed by atoms with van der Waals surface area (Å²) >= 11 is 0. The minimum absolute atomic E-state index is 0.210. The fourth-order valence-electron chi connectivity index (χ4n) is 5.71. The fraction of sp³-hybridized carbons (Fsp3) is 0.769. The van der Waals surface area contributed by atoms with Crippen LogP contribution < -0.4 is 5.32 Å². The zero-order valence-corrected chi connectivity index (χ0v) is 32.7. The molecule has 1 heterocycles. The molecule has 1 aliphatic rings. The van der Waals surface area contributed by atoms with Crippen LogP contribution in [0.25, 0.3) is 0 Å². The minimum atomic E-state index is -5.12. The Kier molecular flexibility index (Phi) is 28.0. The Labute approximate surface area is 318 Å². The molecule has 0 aromatic carbocycles. The molecule has 8 unspecified atom stereocenters. The fourth-order valence-corrected chi connectivity index (χ4v) is 6.21. The van der Waals surface area contributed by atoms with Crippen LogP contribution in [0.3, 0.4) is 0 Å². The van der Waals surface area contributed by atoms with E-state index in [0.717, 1.165) is 64.2 Å². The van der Waals surface area contributed by atoms with E-state index in [4.69, 9.17) is 14.0 Å². The van der Waals surface area contributed by atoms with Crippen molar-refractivity contribution in [3.8, 4) is 0 Å². The lowest BCUT2D eigenvalue weighted by atomic mass is 9.99. The molecule has 0 saturated carbocycles. The number of hydrogen-bond acceptors (Lipinski definition) is 11. The summed E-state index contributed by atoms with van der Waals surface area (Å²) in [5.41, 5.74) is 0. The Hall–Kier alpha value is -1.98. The Morgan fingerprint density at radius 1 is 0.755 bits per heavy atom. The second kappa shape index (κ2) is 30.3. The molecule has 0 aliphatic carbocycles. The normalized spacial score (nSPS) is 23.1. The van der Waals surface area contributed by atoms with E-state index < -0.39 is 78.5 Å². The maximum atomic E-state index is 13.0. The predicted octanol–water partition coefficient (Wildman–Crippen LogP) is 5.12. The minimum Gasteiger partial charge on any atom is -0.394 e. The van der Waals surface area contributed by atoms with Gasteiger partial charge in [0.05, 0.1) is 25.4 Å². The number of nitrogens with one attached hydrogen (secondary N) is 1. The summed E-state index contributed by atoms with van der Waals surface area (Å²) in [5.74, 6) is -0.736. The maximum Gasteiger partial charge on any atom is 0.397 e. The van der Waals surface area contributed by atoms with Gasteiger partial charge in [-0.3, -0.25) is 9.35 Å². The van der Waals surface area contributed by atoms with E-state index in [1.165, 1.54) is 38.2 Å². The van der Waals surface area contributed by atoms with Gasteiger partial charge in [0.1, 0.15) is 30.5 Å². The molecule has 1 aliphatic heterocycles. The van der Waals surface area contributed by atoms with Crippen LogP contribution >= 0.6 is 0 Å². The van der Waals surface area contributed by atoms with Crippen molar-refractivity contribution >= 4 is 16.3 Å². The standard InChI is InChI=1S/C39H69NO12S/c1-3-5-7-9-11-13-14-15-16-17-18-20-21-23-25-27-32(42)31(40-38(46)33(43)28-26-24-22-19-12-10-8-6-4-2)30-50-39-36(45)37(52-53(47,48)49)35(44)34(29-41)51-39/h10,12,14-15,18,20,25,27,31-37,39,41-45H,3-9,11,13,16-17,19,21-24,26,28-30H2,1-2H3,(H,40,46)(H,47,48,49)/b12-10-,15-14+,20-18+,27-25+. The maximum absolute atomic E-state index is 13.0. The monoisotopic (exact) mass is 775 g/mol. The molecule has 14 heteroatoms. The summed E-state index contributed by atoms with van der Waals surface area (Å²) in [6.45, 7) is 3.06. The van der Waals surface area contributed by atoms with Crippen molar-refractivity contribution in [1.82, 2.24) is 5.32 Å². The zero-order chi connectivity index (χ0) is 39.3. The van der Waals surface area contributed by atoms with Crippen LogP contribution in [0.4, 0.5) is 0 Å². The van der Waals surface area contributed by atoms with Crippen molar-refractivity contribution in [1.29, 1.82) is 0 Å². The van der Waals surface area contributed by atoms with Crippen LogP contribution in [0.15, 0.2) is 48.6 Å². The third-order valence-corrected chi connectivity index (χ3v) is 9.38. The van der Waals surface area contributed by atoms with E-state index in [9.17, 15) is 38.7 Å². The third-order valence-electron chi connectivity index (χ3n) is 8.92. The Morgan fingerprint density at radius 2 is 1.28 bits per heavy atom. The van der Waals surface area contributed by atoms with Gasteiger partial charge >= 0.3 is 10.4 Å². The molecule has 0 aromatic rings. The molecule has 1 amide bonds. The quantitative estimate of drug-likeness (QED) is 0.0278. The molecule has 308 valence electrons. The van der Waals surface area contributed by atoms with Gasteiger partial charge < -0.3 is 40.3 Å². The van der Waals surface area contributed by atoms with E-state index in [2.05, 4.69) is 59.8 Å². The Morgan fingerprint density at radius 3 is 1.85 bits per heavy atom. The molecule has 13 nitrogen and oxygen atoms in total. The molecule has 7 N–H and O–H groups in total. The van der Waals surface area contributed by atoms with Gasteiger partial charge in [0.2, 0.25) is 5.91 Å². The van der Waals surface area contributed by atoms with Crippen LogP contribution in [0.2, 0.25) is 0 Å². The van der Waals surface area contributed by atoms with Gasteiger partial charge in [-0.15, -0.1) is 0 Å². The second-order valence-corrected chi connectivity index (χ2v) is 14.7. The molecule has 53 heavy (non-hydrogen) atoms. The van der Waals surface area contributed by atoms with Gasteiger partial charge in [-0.25, -0.2) is 4.18 Å². The van der Waals surface area contributed by atoms with E-state index in [1.807, 2.05) is 0 Å². The predicted molar refractivity (Wildman–Crippen MR) is 205 cm³/mol. The van der Waals surface area contributed by atoms with Gasteiger partial charge in [0.25, 0.3) is 0 Å². The van der Waals surface area contributed by atoms with Crippen molar-refractivity contribution in [3.05, 3.63) is 48.6 Å². The lowest BCUT2D eigenvalue weighted by molar-refractivity contribution is -0.298. The molecule has 0 spiro atoms. The molecule has 0 radical (unpaired) electrons. The summed E-state index contributed by atoms with van der Waals surface area (Å²) < 4.78 is 47.2. The van der Waals surface area contributed by atoms with Crippen molar-refractivity contribution in [2.24, 2.45) is 0 Å². The highest BCUT2D eigenvalue weighted by Gasteiger charge is 2.48. The van der Waals surface area contributed by atoms with E-state index in [0.29, 0.717) is 12.8 Å². The molecular weight excluding hydrogens is 706 g/mol. The van der Waals surface area contributed by atoms with Gasteiger partial charge in [0.15, 0.2) is 6.29 Å². The van der Waals surface area contributed by atoms with E-state index >= 15 is 0 Å². The average molecular weight is 776 g/mol. The molecule has 8 atom stereocenters. The number of carbonyl (C=O) groups is 1. The third kappa shape index (κ3) is 23.5. The molecule has 1 fully saturated rings. The summed E-state index contributed by atoms with van der Waals surface area (Å²) in [7, 11) is -5.12. The lowest BCUT2D eigenvalue weighted by Crippen LogP contribution is -2.61. The number of allylic oxidation sites excluding steroid dienone is 7. The molecule has 1 rings (SSSR count). The molecule has 0 aromatic heterocycles. The van der Waals surface area contributed by atoms with Gasteiger partial charge in [-0.1, -0.05) is 114 Å². The van der Waals surface area contributed by atoms with Crippen molar-refractivity contribution in [3.63, 3.8) is 0 Å². The lowest BCUT2D eigenvalue weighted by Gasteiger charge is -2.41. The van der Waals surface area contributed by atoms with Crippen LogP contribution in [-0.2, 0) is 28.9 Å². The Bertz CT molecular complexity index is 1160. The largest absolute Gasteiger partial charge is 0.397 e.